The largest absolute Gasteiger partial charge is 0.327 e. The van der Waals surface area contributed by atoms with Gasteiger partial charge in [-0.15, -0.1) is 0 Å². The number of nitrogens with two attached hydrogens (primary N) is 1. The van der Waals surface area contributed by atoms with Gasteiger partial charge in [-0.2, -0.15) is 0 Å². The first-order valence-corrected chi connectivity index (χ1v) is 6.38. The normalized spacial score (nSPS) is 12.6. The van der Waals surface area contributed by atoms with E-state index in [0.717, 1.165) is 10.2 Å². The van der Waals surface area contributed by atoms with E-state index < -0.39 is 0 Å². The fourth-order valence-electron chi connectivity index (χ4n) is 1.26. The number of carbonyl (C=O) groups excluding carboxylic acids is 1. The molecule has 4 nitrogen and oxygen atoms in total. The van der Waals surface area contributed by atoms with Gasteiger partial charge in [0.25, 0.3) is 0 Å². The maximum absolute atomic E-state index is 11.7. The second-order valence-corrected chi connectivity index (χ2v) is 5.28. The molecule has 0 radical (unpaired) electrons. The first-order chi connectivity index (χ1) is 7.90. The van der Waals surface area contributed by atoms with Crippen LogP contribution in [-0.4, -0.2) is 16.9 Å². The van der Waals surface area contributed by atoms with Crippen LogP contribution in [0.1, 0.15) is 26.0 Å². The molecule has 0 aliphatic heterocycles. The minimum Gasteiger partial charge on any atom is -0.327 e. The summed E-state index contributed by atoms with van der Waals surface area (Å²) in [6.07, 6.45) is 0.314. The quantitative estimate of drug-likeness (QED) is 0.897. The predicted octanol–water partition coefficient (Wildman–Crippen LogP) is 2.46. The molecule has 0 bridgehead atoms. The summed E-state index contributed by atoms with van der Waals surface area (Å²) < 4.78 is 0.925. The van der Waals surface area contributed by atoms with Crippen molar-refractivity contribution in [2.75, 3.05) is 5.32 Å². The lowest BCUT2D eigenvalue weighted by atomic mass is 10.0. The predicted molar refractivity (Wildman–Crippen MR) is 72.7 cm³/mol. The van der Waals surface area contributed by atoms with Gasteiger partial charge in [0, 0.05) is 16.9 Å². The standard InChI is InChI=1S/C12H18BrN3O/c1-7(2)10(14)6-12(17)16-11-5-4-9(13)8(3)15-11/h4-5,7,10H,6,14H2,1-3H3,(H,15,16,17). The van der Waals surface area contributed by atoms with Crippen molar-refractivity contribution in [2.24, 2.45) is 11.7 Å². The summed E-state index contributed by atoms with van der Waals surface area (Å²) >= 11 is 3.36. The Labute approximate surface area is 110 Å². The lowest BCUT2D eigenvalue weighted by molar-refractivity contribution is -0.116. The minimum absolute atomic E-state index is 0.0968. The van der Waals surface area contributed by atoms with Crippen molar-refractivity contribution in [2.45, 2.75) is 33.2 Å². The maximum Gasteiger partial charge on any atom is 0.227 e. The van der Waals surface area contributed by atoms with Crippen molar-refractivity contribution in [1.29, 1.82) is 0 Å². The van der Waals surface area contributed by atoms with E-state index in [4.69, 9.17) is 5.73 Å². The topological polar surface area (TPSA) is 68.0 Å². The molecule has 17 heavy (non-hydrogen) atoms. The summed E-state index contributed by atoms with van der Waals surface area (Å²) in [7, 11) is 0. The summed E-state index contributed by atoms with van der Waals surface area (Å²) in [4.78, 5) is 15.9. The number of amides is 1. The van der Waals surface area contributed by atoms with E-state index in [1.54, 1.807) is 6.07 Å². The molecule has 1 rings (SSSR count). The molecule has 0 fully saturated rings. The first-order valence-electron chi connectivity index (χ1n) is 5.58. The average Bonchev–Trinajstić information content (AvgIpc) is 2.23. The Morgan fingerprint density at radius 2 is 2.18 bits per heavy atom. The van der Waals surface area contributed by atoms with Gasteiger partial charge >= 0.3 is 0 Å². The Kier molecular flexibility index (Phi) is 5.08. The molecule has 0 aromatic carbocycles. The van der Waals surface area contributed by atoms with E-state index in [9.17, 15) is 4.79 Å². The smallest absolute Gasteiger partial charge is 0.227 e. The molecule has 1 heterocycles. The van der Waals surface area contributed by atoms with Crippen molar-refractivity contribution in [3.8, 4) is 0 Å². The Hall–Kier alpha value is -0.940. The molecule has 0 aliphatic rings. The van der Waals surface area contributed by atoms with Crippen molar-refractivity contribution < 1.29 is 4.79 Å². The molecule has 94 valence electrons. The monoisotopic (exact) mass is 299 g/mol. The van der Waals surface area contributed by atoms with Gasteiger partial charge in [0.1, 0.15) is 5.82 Å². The molecular formula is C12H18BrN3O. The lowest BCUT2D eigenvalue weighted by Crippen LogP contribution is -2.31. The number of halogens is 1. The second kappa shape index (κ2) is 6.12. The van der Waals surface area contributed by atoms with E-state index in [1.807, 2.05) is 26.8 Å². The lowest BCUT2D eigenvalue weighted by Gasteiger charge is -2.14. The summed E-state index contributed by atoms with van der Waals surface area (Å²) in [6, 6.07) is 3.50. The Bertz CT molecular complexity index is 407. The summed E-state index contributed by atoms with van der Waals surface area (Å²) in [6.45, 7) is 5.87. The van der Waals surface area contributed by atoms with Gasteiger partial charge in [0.05, 0.1) is 5.69 Å². The summed E-state index contributed by atoms with van der Waals surface area (Å²) in [5.74, 6) is 0.757. The van der Waals surface area contributed by atoms with Crippen molar-refractivity contribution in [1.82, 2.24) is 4.98 Å². The number of hydrogen-bond donors (Lipinski definition) is 2. The molecule has 1 unspecified atom stereocenters. The van der Waals surface area contributed by atoms with E-state index in [0.29, 0.717) is 18.2 Å². The van der Waals surface area contributed by atoms with Crippen LogP contribution < -0.4 is 11.1 Å². The molecule has 1 amide bonds. The SMILES string of the molecule is Cc1nc(NC(=O)CC(N)C(C)C)ccc1Br. The third-order valence-electron chi connectivity index (χ3n) is 2.57. The van der Waals surface area contributed by atoms with E-state index in [2.05, 4.69) is 26.2 Å². The highest BCUT2D eigenvalue weighted by Gasteiger charge is 2.13. The zero-order valence-corrected chi connectivity index (χ0v) is 11.9. The van der Waals surface area contributed by atoms with Crippen LogP contribution in [0.15, 0.2) is 16.6 Å². The zero-order valence-electron chi connectivity index (χ0n) is 10.3. The number of pyridine rings is 1. The number of nitrogens with one attached hydrogen (secondary N) is 1. The Morgan fingerprint density at radius 3 is 2.71 bits per heavy atom. The van der Waals surface area contributed by atoms with Crippen LogP contribution in [0.25, 0.3) is 0 Å². The summed E-state index contributed by atoms with van der Waals surface area (Å²) in [5, 5.41) is 2.74. The fourth-order valence-corrected chi connectivity index (χ4v) is 1.48. The molecule has 0 spiro atoms. The molecule has 1 atom stereocenters. The average molecular weight is 300 g/mol. The summed E-state index contributed by atoms with van der Waals surface area (Å²) in [5.41, 5.74) is 6.68. The van der Waals surface area contributed by atoms with Crippen LogP contribution in [-0.2, 0) is 4.79 Å². The second-order valence-electron chi connectivity index (χ2n) is 4.42. The van der Waals surface area contributed by atoms with E-state index in [-0.39, 0.29) is 11.9 Å². The minimum atomic E-state index is -0.119. The van der Waals surface area contributed by atoms with Crippen molar-refractivity contribution >= 4 is 27.7 Å². The number of carbonyl (C=O) groups is 1. The molecule has 5 heteroatoms. The zero-order chi connectivity index (χ0) is 13.0. The Morgan fingerprint density at radius 1 is 1.53 bits per heavy atom. The molecule has 0 saturated carbocycles. The van der Waals surface area contributed by atoms with Gasteiger partial charge in [-0.25, -0.2) is 4.98 Å². The number of anilines is 1. The highest BCUT2D eigenvalue weighted by Crippen LogP contribution is 2.16. The fraction of sp³-hybridized carbons (Fsp3) is 0.500. The molecule has 1 aromatic heterocycles. The third-order valence-corrected chi connectivity index (χ3v) is 3.40. The number of aromatic nitrogens is 1. The molecule has 0 aliphatic carbocycles. The number of nitrogens with zero attached hydrogens (tertiary/aromatic N) is 1. The van der Waals surface area contributed by atoms with E-state index in [1.165, 1.54) is 0 Å². The van der Waals surface area contributed by atoms with Gasteiger partial charge in [-0.05, 0) is 40.9 Å². The van der Waals surface area contributed by atoms with Crippen LogP contribution in [0.5, 0.6) is 0 Å². The van der Waals surface area contributed by atoms with Crippen molar-refractivity contribution in [3.05, 3.63) is 22.3 Å². The van der Waals surface area contributed by atoms with Gasteiger partial charge < -0.3 is 11.1 Å². The van der Waals surface area contributed by atoms with Crippen molar-refractivity contribution in [3.63, 3.8) is 0 Å². The van der Waals surface area contributed by atoms with Crippen LogP contribution in [0.3, 0.4) is 0 Å². The van der Waals surface area contributed by atoms with Gasteiger partial charge in [0.2, 0.25) is 5.91 Å². The molecular weight excluding hydrogens is 282 g/mol. The first kappa shape index (κ1) is 14.1. The van der Waals surface area contributed by atoms with E-state index >= 15 is 0 Å². The number of aryl methyl sites for hydroxylation is 1. The maximum atomic E-state index is 11.7. The van der Waals surface area contributed by atoms with Gasteiger partial charge in [-0.3, -0.25) is 4.79 Å². The molecule has 0 saturated heterocycles. The third kappa shape index (κ3) is 4.44. The van der Waals surface area contributed by atoms with Gasteiger partial charge in [-0.1, -0.05) is 13.8 Å². The van der Waals surface area contributed by atoms with Gasteiger partial charge in [0.15, 0.2) is 0 Å². The van der Waals surface area contributed by atoms with Crippen LogP contribution in [0, 0.1) is 12.8 Å². The van der Waals surface area contributed by atoms with Crippen LogP contribution >= 0.6 is 15.9 Å². The molecule has 3 N–H and O–H groups in total. The Balaban J connectivity index is 2.59. The highest BCUT2D eigenvalue weighted by atomic mass is 79.9. The molecule has 1 aromatic rings. The van der Waals surface area contributed by atoms with Crippen LogP contribution in [0.2, 0.25) is 0 Å². The highest BCUT2D eigenvalue weighted by molar-refractivity contribution is 9.10. The number of hydrogen-bond acceptors (Lipinski definition) is 3. The van der Waals surface area contributed by atoms with Crippen LogP contribution in [0.4, 0.5) is 5.82 Å². The number of rotatable bonds is 4.